The van der Waals surface area contributed by atoms with Crippen LogP contribution in [0.4, 0.5) is 4.79 Å². The molecule has 0 aromatic heterocycles. The number of nitrogens with one attached hydrogen (secondary N) is 1. The molecule has 0 unspecified atom stereocenters. The van der Waals surface area contributed by atoms with Crippen LogP contribution in [0.1, 0.15) is 27.2 Å². The van der Waals surface area contributed by atoms with E-state index in [9.17, 15) is 9.59 Å². The Hall–Kier alpha value is -1.30. The maximum atomic E-state index is 11.4. The fourth-order valence-electron chi connectivity index (χ4n) is 0.836. The average molecular weight is 233 g/mol. The number of carbonyl (C=O) groups is 2. The Morgan fingerprint density at radius 3 is 2.38 bits per heavy atom. The number of carboxylic acid groups (broad SMARTS) is 1. The van der Waals surface area contributed by atoms with Crippen LogP contribution in [0.3, 0.4) is 0 Å². The van der Waals surface area contributed by atoms with Crippen molar-refractivity contribution in [3.8, 4) is 0 Å². The lowest BCUT2D eigenvalue weighted by Gasteiger charge is -2.24. The lowest BCUT2D eigenvalue weighted by atomic mass is 10.1. The zero-order valence-electron chi connectivity index (χ0n) is 10.1. The minimum Gasteiger partial charge on any atom is -0.480 e. The molecule has 1 amide bonds. The standard InChI is InChI=1S/C10H19NO5/c1-5-10(2,3)16-9(14)11-7(6-15-4)8(12)13/h7H,5-6H2,1-4H3,(H,11,14)(H,12,13)/t7-/m1/s1. The molecular formula is C10H19NO5. The van der Waals surface area contributed by atoms with Crippen molar-refractivity contribution in [3.05, 3.63) is 0 Å². The van der Waals surface area contributed by atoms with Gasteiger partial charge in [0.2, 0.25) is 0 Å². The number of amides is 1. The van der Waals surface area contributed by atoms with Gasteiger partial charge < -0.3 is 19.9 Å². The van der Waals surface area contributed by atoms with Gasteiger partial charge in [0.05, 0.1) is 6.61 Å². The van der Waals surface area contributed by atoms with E-state index < -0.39 is 23.7 Å². The van der Waals surface area contributed by atoms with Crippen LogP contribution in [0.2, 0.25) is 0 Å². The lowest BCUT2D eigenvalue weighted by molar-refractivity contribution is -0.140. The Morgan fingerprint density at radius 1 is 1.44 bits per heavy atom. The Bertz CT molecular complexity index is 252. The first-order valence-corrected chi connectivity index (χ1v) is 5.03. The summed E-state index contributed by atoms with van der Waals surface area (Å²) in [6.45, 7) is 5.27. The molecule has 6 nitrogen and oxygen atoms in total. The van der Waals surface area contributed by atoms with Gasteiger partial charge in [-0.05, 0) is 20.3 Å². The Balaban J connectivity index is 4.25. The van der Waals surface area contributed by atoms with Crippen molar-refractivity contribution < 1.29 is 24.2 Å². The molecular weight excluding hydrogens is 214 g/mol. The van der Waals surface area contributed by atoms with Crippen LogP contribution in [0.15, 0.2) is 0 Å². The molecule has 16 heavy (non-hydrogen) atoms. The number of ether oxygens (including phenoxy) is 2. The highest BCUT2D eigenvalue weighted by molar-refractivity contribution is 5.80. The lowest BCUT2D eigenvalue weighted by Crippen LogP contribution is -2.46. The van der Waals surface area contributed by atoms with E-state index in [0.29, 0.717) is 6.42 Å². The van der Waals surface area contributed by atoms with E-state index in [-0.39, 0.29) is 6.61 Å². The number of hydrogen-bond acceptors (Lipinski definition) is 4. The smallest absolute Gasteiger partial charge is 0.408 e. The second-order valence-electron chi connectivity index (χ2n) is 3.99. The third kappa shape index (κ3) is 5.55. The summed E-state index contributed by atoms with van der Waals surface area (Å²) in [6.07, 6.45) is -0.112. The fourth-order valence-corrected chi connectivity index (χ4v) is 0.836. The second kappa shape index (κ2) is 6.32. The predicted molar refractivity (Wildman–Crippen MR) is 57.3 cm³/mol. The maximum Gasteiger partial charge on any atom is 0.408 e. The molecule has 0 aromatic carbocycles. The molecule has 0 spiro atoms. The number of methoxy groups -OCH3 is 1. The van der Waals surface area contributed by atoms with Crippen LogP contribution in [0.25, 0.3) is 0 Å². The van der Waals surface area contributed by atoms with E-state index >= 15 is 0 Å². The molecule has 0 aliphatic carbocycles. The Kier molecular flexibility index (Phi) is 5.81. The van der Waals surface area contributed by atoms with Gasteiger partial charge in [0.25, 0.3) is 0 Å². The molecule has 0 fully saturated rings. The molecule has 0 saturated carbocycles. The highest BCUT2D eigenvalue weighted by Gasteiger charge is 2.25. The first-order valence-electron chi connectivity index (χ1n) is 5.03. The van der Waals surface area contributed by atoms with Gasteiger partial charge in [0, 0.05) is 7.11 Å². The Morgan fingerprint density at radius 2 is 2.00 bits per heavy atom. The minimum atomic E-state index is -1.16. The number of carbonyl (C=O) groups excluding carboxylic acids is 1. The highest BCUT2D eigenvalue weighted by atomic mass is 16.6. The van der Waals surface area contributed by atoms with E-state index in [1.165, 1.54) is 7.11 Å². The summed E-state index contributed by atoms with van der Waals surface area (Å²) in [5, 5.41) is 11.0. The molecule has 94 valence electrons. The largest absolute Gasteiger partial charge is 0.480 e. The summed E-state index contributed by atoms with van der Waals surface area (Å²) in [5.74, 6) is -1.16. The summed E-state index contributed by atoms with van der Waals surface area (Å²) in [4.78, 5) is 22.1. The topological polar surface area (TPSA) is 84.9 Å². The molecule has 0 heterocycles. The summed E-state index contributed by atoms with van der Waals surface area (Å²) < 4.78 is 9.72. The molecule has 0 aromatic rings. The quantitative estimate of drug-likeness (QED) is 0.715. The van der Waals surface area contributed by atoms with E-state index in [0.717, 1.165) is 0 Å². The second-order valence-corrected chi connectivity index (χ2v) is 3.99. The summed E-state index contributed by atoms with van der Waals surface area (Å²) >= 11 is 0. The van der Waals surface area contributed by atoms with Crippen molar-refractivity contribution in [1.29, 1.82) is 0 Å². The summed E-state index contributed by atoms with van der Waals surface area (Å²) in [7, 11) is 1.36. The van der Waals surface area contributed by atoms with Crippen LogP contribution in [-0.2, 0) is 14.3 Å². The number of hydrogen-bond donors (Lipinski definition) is 2. The minimum absolute atomic E-state index is 0.100. The van der Waals surface area contributed by atoms with E-state index in [1.54, 1.807) is 13.8 Å². The van der Waals surface area contributed by atoms with E-state index in [4.69, 9.17) is 9.84 Å². The number of carboxylic acids is 1. The molecule has 0 radical (unpaired) electrons. The molecule has 6 heteroatoms. The first-order chi connectivity index (χ1) is 7.32. The van der Waals surface area contributed by atoms with Gasteiger partial charge in [0.15, 0.2) is 6.04 Å². The molecule has 1 atom stereocenters. The van der Waals surface area contributed by atoms with Crippen molar-refractivity contribution in [1.82, 2.24) is 5.32 Å². The Labute approximate surface area is 94.9 Å². The monoisotopic (exact) mass is 233 g/mol. The number of alkyl carbamates (subject to hydrolysis) is 1. The van der Waals surface area contributed by atoms with Gasteiger partial charge in [-0.25, -0.2) is 9.59 Å². The van der Waals surface area contributed by atoms with Crippen LogP contribution >= 0.6 is 0 Å². The van der Waals surface area contributed by atoms with Crippen molar-refractivity contribution in [3.63, 3.8) is 0 Å². The zero-order valence-corrected chi connectivity index (χ0v) is 10.1. The van der Waals surface area contributed by atoms with Crippen molar-refractivity contribution in [2.75, 3.05) is 13.7 Å². The van der Waals surface area contributed by atoms with Crippen molar-refractivity contribution in [2.24, 2.45) is 0 Å². The van der Waals surface area contributed by atoms with E-state index in [2.05, 4.69) is 10.1 Å². The number of rotatable bonds is 6. The van der Waals surface area contributed by atoms with Crippen molar-refractivity contribution in [2.45, 2.75) is 38.8 Å². The third-order valence-electron chi connectivity index (χ3n) is 2.14. The summed E-state index contributed by atoms with van der Waals surface area (Å²) in [5.41, 5.74) is -0.611. The molecule has 0 bridgehead atoms. The maximum absolute atomic E-state index is 11.4. The highest BCUT2D eigenvalue weighted by Crippen LogP contribution is 2.13. The molecule has 0 saturated heterocycles. The normalized spacial score (nSPS) is 13.0. The first kappa shape index (κ1) is 14.7. The van der Waals surface area contributed by atoms with Gasteiger partial charge >= 0.3 is 12.1 Å². The SMILES string of the molecule is CCC(C)(C)OC(=O)N[C@H](COC)C(=O)O. The molecule has 0 aliphatic heterocycles. The van der Waals surface area contributed by atoms with Gasteiger partial charge in [-0.1, -0.05) is 6.92 Å². The van der Waals surface area contributed by atoms with Crippen LogP contribution in [-0.4, -0.2) is 42.5 Å². The third-order valence-corrected chi connectivity index (χ3v) is 2.14. The molecule has 2 N–H and O–H groups in total. The van der Waals surface area contributed by atoms with Crippen molar-refractivity contribution >= 4 is 12.1 Å². The van der Waals surface area contributed by atoms with E-state index in [1.807, 2.05) is 6.92 Å². The average Bonchev–Trinajstić information content (AvgIpc) is 2.16. The summed E-state index contributed by atoms with van der Waals surface area (Å²) in [6, 6.07) is -1.09. The van der Waals surface area contributed by atoms with Gasteiger partial charge in [-0.3, -0.25) is 0 Å². The predicted octanol–water partition coefficient (Wildman–Crippen LogP) is 1.00. The van der Waals surface area contributed by atoms with Crippen LogP contribution in [0.5, 0.6) is 0 Å². The van der Waals surface area contributed by atoms with Gasteiger partial charge in [-0.2, -0.15) is 0 Å². The molecule has 0 rings (SSSR count). The van der Waals surface area contributed by atoms with Crippen LogP contribution in [0, 0.1) is 0 Å². The van der Waals surface area contributed by atoms with Crippen LogP contribution < -0.4 is 5.32 Å². The number of aliphatic carboxylic acids is 1. The zero-order chi connectivity index (χ0) is 12.8. The molecule has 0 aliphatic rings. The fraction of sp³-hybridized carbons (Fsp3) is 0.800. The van der Waals surface area contributed by atoms with Gasteiger partial charge in [0.1, 0.15) is 5.60 Å². The van der Waals surface area contributed by atoms with Gasteiger partial charge in [-0.15, -0.1) is 0 Å².